The second-order valence-corrected chi connectivity index (χ2v) is 6.12. The van der Waals surface area contributed by atoms with Crippen molar-refractivity contribution in [2.45, 2.75) is 27.0 Å². The molecule has 0 bridgehead atoms. The number of benzene rings is 2. The van der Waals surface area contributed by atoms with Gasteiger partial charge in [0.1, 0.15) is 5.75 Å². The van der Waals surface area contributed by atoms with Gasteiger partial charge in [-0.15, -0.1) is 5.10 Å². The molecule has 1 aliphatic rings. The SMILES string of the molecule is CC(=O)Oc1cccc(C2OC(c3ccccc3O)=NN2C(C)=O)c1OC(C)=O. The first kappa shape index (κ1) is 19.9. The lowest BCUT2D eigenvalue weighted by molar-refractivity contribution is -0.136. The molecule has 0 saturated heterocycles. The smallest absolute Gasteiger partial charge is 0.308 e. The van der Waals surface area contributed by atoms with Crippen molar-refractivity contribution in [1.82, 2.24) is 5.01 Å². The number of nitrogens with zero attached hydrogens (tertiary/aromatic N) is 2. The first-order chi connectivity index (χ1) is 13.8. The number of hydrogen-bond donors (Lipinski definition) is 1. The zero-order valence-electron chi connectivity index (χ0n) is 15.9. The van der Waals surface area contributed by atoms with Gasteiger partial charge in [0, 0.05) is 20.8 Å². The monoisotopic (exact) mass is 398 g/mol. The third-order valence-electron chi connectivity index (χ3n) is 3.88. The first-order valence-electron chi connectivity index (χ1n) is 8.61. The number of ether oxygens (including phenoxy) is 3. The molecule has 0 saturated carbocycles. The van der Waals surface area contributed by atoms with E-state index in [-0.39, 0.29) is 34.3 Å². The summed E-state index contributed by atoms with van der Waals surface area (Å²) in [7, 11) is 0. The molecule has 1 aliphatic heterocycles. The highest BCUT2D eigenvalue weighted by Crippen LogP contribution is 2.41. The minimum absolute atomic E-state index is 0.00619. The van der Waals surface area contributed by atoms with Crippen molar-refractivity contribution in [3.05, 3.63) is 53.6 Å². The number of para-hydroxylation sites is 2. The summed E-state index contributed by atoms with van der Waals surface area (Å²) in [4.78, 5) is 35.2. The third kappa shape index (κ3) is 4.18. The fourth-order valence-electron chi connectivity index (χ4n) is 2.75. The van der Waals surface area contributed by atoms with Gasteiger partial charge in [0.05, 0.1) is 11.1 Å². The van der Waals surface area contributed by atoms with Crippen molar-refractivity contribution < 1.29 is 33.7 Å². The highest BCUT2D eigenvalue weighted by atomic mass is 16.6. The number of carbonyl (C=O) groups excluding carboxylic acids is 3. The number of phenols is 1. The number of hydrazone groups is 1. The maximum atomic E-state index is 12.2. The molecule has 0 spiro atoms. The maximum absolute atomic E-state index is 12.2. The number of carbonyl (C=O) groups is 3. The number of hydrogen-bond acceptors (Lipinski definition) is 8. The highest BCUT2D eigenvalue weighted by Gasteiger charge is 2.37. The summed E-state index contributed by atoms with van der Waals surface area (Å²) in [5.41, 5.74) is 0.523. The predicted molar refractivity (Wildman–Crippen MR) is 100 cm³/mol. The highest BCUT2D eigenvalue weighted by molar-refractivity contribution is 5.98. The number of amides is 1. The van der Waals surface area contributed by atoms with E-state index in [2.05, 4.69) is 5.10 Å². The molecule has 1 unspecified atom stereocenters. The van der Waals surface area contributed by atoms with Crippen molar-refractivity contribution in [3.63, 3.8) is 0 Å². The Balaban J connectivity index is 2.07. The van der Waals surface area contributed by atoms with Crippen LogP contribution in [0.2, 0.25) is 0 Å². The third-order valence-corrected chi connectivity index (χ3v) is 3.88. The van der Waals surface area contributed by atoms with E-state index in [1.807, 2.05) is 0 Å². The van der Waals surface area contributed by atoms with Crippen molar-refractivity contribution >= 4 is 23.7 Å². The van der Waals surface area contributed by atoms with Crippen LogP contribution in [0.15, 0.2) is 47.6 Å². The van der Waals surface area contributed by atoms with E-state index >= 15 is 0 Å². The fraction of sp³-hybridized carbons (Fsp3) is 0.200. The molecule has 1 heterocycles. The number of esters is 2. The summed E-state index contributed by atoms with van der Waals surface area (Å²) in [6.45, 7) is 3.68. The van der Waals surface area contributed by atoms with Gasteiger partial charge in [-0.3, -0.25) is 14.4 Å². The molecule has 1 N–H and O–H groups in total. The molecular formula is C20H18N2O7. The van der Waals surface area contributed by atoms with Gasteiger partial charge in [-0.05, 0) is 24.3 Å². The Morgan fingerprint density at radius 3 is 2.31 bits per heavy atom. The van der Waals surface area contributed by atoms with E-state index in [1.54, 1.807) is 30.3 Å². The molecule has 1 atom stereocenters. The second-order valence-electron chi connectivity index (χ2n) is 6.12. The molecule has 1 amide bonds. The minimum atomic E-state index is -1.10. The average Bonchev–Trinajstić information content (AvgIpc) is 3.08. The van der Waals surface area contributed by atoms with Gasteiger partial charge in [0.2, 0.25) is 18.0 Å². The van der Waals surface area contributed by atoms with Gasteiger partial charge in [-0.25, -0.2) is 0 Å². The first-order valence-corrected chi connectivity index (χ1v) is 8.61. The minimum Gasteiger partial charge on any atom is -0.507 e. The number of rotatable bonds is 4. The Labute approximate surface area is 166 Å². The van der Waals surface area contributed by atoms with E-state index in [0.717, 1.165) is 5.01 Å². The van der Waals surface area contributed by atoms with Gasteiger partial charge < -0.3 is 19.3 Å². The van der Waals surface area contributed by atoms with Crippen molar-refractivity contribution in [2.24, 2.45) is 5.10 Å². The van der Waals surface area contributed by atoms with E-state index in [9.17, 15) is 19.5 Å². The van der Waals surface area contributed by atoms with Gasteiger partial charge >= 0.3 is 11.9 Å². The van der Waals surface area contributed by atoms with Crippen molar-refractivity contribution in [1.29, 1.82) is 0 Å². The lowest BCUT2D eigenvalue weighted by Gasteiger charge is -2.22. The van der Waals surface area contributed by atoms with Gasteiger partial charge in [0.15, 0.2) is 11.5 Å². The van der Waals surface area contributed by atoms with Crippen LogP contribution in [0.3, 0.4) is 0 Å². The van der Waals surface area contributed by atoms with Crippen LogP contribution in [0.4, 0.5) is 0 Å². The van der Waals surface area contributed by atoms with Crippen LogP contribution in [0.1, 0.15) is 38.1 Å². The molecule has 0 aromatic heterocycles. The second kappa shape index (κ2) is 8.01. The predicted octanol–water partition coefficient (Wildman–Crippen LogP) is 2.48. The molecule has 9 nitrogen and oxygen atoms in total. The topological polar surface area (TPSA) is 115 Å². The zero-order chi connectivity index (χ0) is 21.1. The van der Waals surface area contributed by atoms with Crippen LogP contribution in [0.5, 0.6) is 17.2 Å². The molecule has 3 rings (SSSR count). The lowest BCUT2D eigenvalue weighted by atomic mass is 10.1. The Hall–Kier alpha value is -3.88. The Morgan fingerprint density at radius 1 is 1.00 bits per heavy atom. The molecule has 150 valence electrons. The van der Waals surface area contributed by atoms with Crippen molar-refractivity contribution in [3.8, 4) is 17.2 Å². The average molecular weight is 398 g/mol. The van der Waals surface area contributed by atoms with E-state index in [1.165, 1.54) is 32.9 Å². The summed E-state index contributed by atoms with van der Waals surface area (Å²) in [6.07, 6.45) is -1.10. The molecular weight excluding hydrogens is 380 g/mol. The maximum Gasteiger partial charge on any atom is 0.308 e. The van der Waals surface area contributed by atoms with E-state index in [4.69, 9.17) is 14.2 Å². The standard InChI is InChI=1S/C20H18N2O7/c1-11(23)22-20(29-19(21-22)14-7-4-5-9-16(14)26)15-8-6-10-17(27-12(2)24)18(15)28-13(3)25/h4-10,20,26H,1-3H3. The summed E-state index contributed by atoms with van der Waals surface area (Å²) in [5.74, 6) is -1.86. The fourth-order valence-corrected chi connectivity index (χ4v) is 2.75. The van der Waals surface area contributed by atoms with Crippen LogP contribution in [-0.2, 0) is 19.1 Å². The quantitative estimate of drug-likeness (QED) is 0.621. The van der Waals surface area contributed by atoms with Gasteiger partial charge in [-0.2, -0.15) is 5.01 Å². The Kier molecular flexibility index (Phi) is 5.49. The van der Waals surface area contributed by atoms with Crippen LogP contribution in [-0.4, -0.2) is 33.9 Å². The van der Waals surface area contributed by atoms with Crippen LogP contribution in [0, 0.1) is 0 Å². The molecule has 9 heteroatoms. The largest absolute Gasteiger partial charge is 0.507 e. The molecule has 29 heavy (non-hydrogen) atoms. The normalized spacial score (nSPS) is 15.3. The molecule has 0 radical (unpaired) electrons. The molecule has 0 aliphatic carbocycles. The van der Waals surface area contributed by atoms with Crippen LogP contribution >= 0.6 is 0 Å². The molecule has 0 fully saturated rings. The van der Waals surface area contributed by atoms with Gasteiger partial charge in [-0.1, -0.05) is 18.2 Å². The summed E-state index contributed by atoms with van der Waals surface area (Å²) >= 11 is 0. The summed E-state index contributed by atoms with van der Waals surface area (Å²) in [6, 6.07) is 10.9. The van der Waals surface area contributed by atoms with Crippen LogP contribution < -0.4 is 9.47 Å². The molecule has 2 aromatic rings. The van der Waals surface area contributed by atoms with E-state index < -0.39 is 24.1 Å². The summed E-state index contributed by atoms with van der Waals surface area (Å²) in [5, 5.41) is 15.3. The van der Waals surface area contributed by atoms with Crippen molar-refractivity contribution in [2.75, 3.05) is 0 Å². The lowest BCUT2D eigenvalue weighted by Crippen LogP contribution is -2.26. The Morgan fingerprint density at radius 2 is 1.69 bits per heavy atom. The number of aromatic hydroxyl groups is 1. The van der Waals surface area contributed by atoms with Crippen LogP contribution in [0.25, 0.3) is 0 Å². The zero-order valence-corrected chi connectivity index (χ0v) is 15.9. The van der Waals surface area contributed by atoms with E-state index in [0.29, 0.717) is 0 Å². The van der Waals surface area contributed by atoms with Gasteiger partial charge in [0.25, 0.3) is 0 Å². The molecule has 2 aromatic carbocycles. The number of phenolic OH excluding ortho intramolecular Hbond substituents is 1. The Bertz CT molecular complexity index is 1020. The summed E-state index contributed by atoms with van der Waals surface area (Å²) < 4.78 is 16.2.